The summed E-state index contributed by atoms with van der Waals surface area (Å²) in [5.74, 6) is -0.260. The van der Waals surface area contributed by atoms with E-state index in [1.165, 1.54) is 37.6 Å². The van der Waals surface area contributed by atoms with Crippen molar-refractivity contribution in [2.45, 2.75) is 19.9 Å². The van der Waals surface area contributed by atoms with Crippen LogP contribution in [0.4, 0.5) is 0 Å². The van der Waals surface area contributed by atoms with E-state index in [-0.39, 0.29) is 11.4 Å². The summed E-state index contributed by atoms with van der Waals surface area (Å²) >= 11 is 1.26. The molecule has 1 atom stereocenters. The largest absolute Gasteiger partial charge is 0.503 e. The van der Waals surface area contributed by atoms with Crippen molar-refractivity contribution >= 4 is 23.0 Å². The molecule has 0 bridgehead atoms. The maximum Gasteiger partial charge on any atom is 0.290 e. The molecule has 0 spiro atoms. The predicted molar refractivity (Wildman–Crippen MR) is 127 cm³/mol. The Morgan fingerprint density at radius 3 is 2.24 bits per heavy atom. The average Bonchev–Trinajstić information content (AvgIpc) is 3.46. The molecule has 33 heavy (non-hydrogen) atoms. The summed E-state index contributed by atoms with van der Waals surface area (Å²) in [5, 5.41) is 12.6. The molecule has 2 aromatic rings. The number of likely N-dealkylation sites (N-methyl/N-ethyl adjacent to an activating group) is 1. The van der Waals surface area contributed by atoms with Crippen LogP contribution in [0.2, 0.25) is 0 Å². The van der Waals surface area contributed by atoms with Crippen LogP contribution in [0.25, 0.3) is 0 Å². The standard InChI is InChI=1S/C24H30N2O6S/c1-6-25(7-2)10-11-26-20(15-13-16(30-3)23(32-5)17(14-15)31-4)19(22(28)24(26)29)21(27)18-9-8-12-33-18/h8-9,12-14,20,28H,6-7,10-11H2,1-5H3/t20-/m1/s1. The number of hydrogen-bond acceptors (Lipinski definition) is 8. The van der Waals surface area contributed by atoms with Gasteiger partial charge in [-0.15, -0.1) is 11.3 Å². The van der Waals surface area contributed by atoms with Gasteiger partial charge in [-0.3, -0.25) is 9.59 Å². The lowest BCUT2D eigenvalue weighted by atomic mass is 9.94. The van der Waals surface area contributed by atoms with Gasteiger partial charge in [0.25, 0.3) is 5.91 Å². The van der Waals surface area contributed by atoms with E-state index in [9.17, 15) is 14.7 Å². The van der Waals surface area contributed by atoms with Crippen LogP contribution in [0.15, 0.2) is 41.0 Å². The Hall–Kier alpha value is -3.04. The summed E-state index contributed by atoms with van der Waals surface area (Å²) in [6.45, 7) is 6.70. The summed E-state index contributed by atoms with van der Waals surface area (Å²) in [7, 11) is 4.51. The Bertz CT molecular complexity index is 1000. The van der Waals surface area contributed by atoms with Crippen molar-refractivity contribution in [2.75, 3.05) is 47.5 Å². The number of aliphatic hydroxyl groups excluding tert-OH is 1. The fraction of sp³-hybridized carbons (Fsp3) is 0.417. The van der Waals surface area contributed by atoms with Gasteiger partial charge in [0.2, 0.25) is 11.5 Å². The topological polar surface area (TPSA) is 88.5 Å². The van der Waals surface area contributed by atoms with Crippen LogP contribution in [0, 0.1) is 0 Å². The first-order chi connectivity index (χ1) is 15.9. The van der Waals surface area contributed by atoms with Crippen molar-refractivity contribution < 1.29 is 28.9 Å². The quantitative estimate of drug-likeness (QED) is 0.497. The van der Waals surface area contributed by atoms with Crippen LogP contribution in [-0.4, -0.2) is 74.1 Å². The van der Waals surface area contributed by atoms with Crippen LogP contribution >= 0.6 is 11.3 Å². The molecule has 178 valence electrons. The molecule has 3 rings (SSSR count). The number of methoxy groups -OCH3 is 3. The molecule has 1 aromatic carbocycles. The van der Waals surface area contributed by atoms with E-state index in [1.54, 1.807) is 29.6 Å². The zero-order valence-electron chi connectivity index (χ0n) is 19.6. The van der Waals surface area contributed by atoms with Crippen LogP contribution in [0.1, 0.15) is 35.1 Å². The Morgan fingerprint density at radius 1 is 1.12 bits per heavy atom. The lowest BCUT2D eigenvalue weighted by molar-refractivity contribution is -0.129. The van der Waals surface area contributed by atoms with Crippen LogP contribution in [-0.2, 0) is 4.79 Å². The molecular formula is C24H30N2O6S. The second-order valence-corrected chi connectivity index (χ2v) is 8.40. The summed E-state index contributed by atoms with van der Waals surface area (Å²) in [5.41, 5.74) is 0.637. The van der Waals surface area contributed by atoms with E-state index >= 15 is 0 Å². The normalized spacial score (nSPS) is 16.0. The monoisotopic (exact) mass is 474 g/mol. The van der Waals surface area contributed by atoms with Gasteiger partial charge in [-0.25, -0.2) is 0 Å². The van der Waals surface area contributed by atoms with Gasteiger partial charge in [-0.05, 0) is 42.2 Å². The molecule has 0 aliphatic carbocycles. The summed E-state index contributed by atoms with van der Waals surface area (Å²) < 4.78 is 16.4. The highest BCUT2D eigenvalue weighted by Crippen LogP contribution is 2.45. The van der Waals surface area contributed by atoms with E-state index in [2.05, 4.69) is 4.90 Å². The second-order valence-electron chi connectivity index (χ2n) is 7.46. The first kappa shape index (κ1) is 24.6. The van der Waals surface area contributed by atoms with Gasteiger partial charge in [0.1, 0.15) is 0 Å². The van der Waals surface area contributed by atoms with Crippen molar-refractivity contribution in [3.8, 4) is 17.2 Å². The van der Waals surface area contributed by atoms with Crippen molar-refractivity contribution in [1.82, 2.24) is 9.80 Å². The van der Waals surface area contributed by atoms with Gasteiger partial charge in [-0.1, -0.05) is 19.9 Å². The Balaban J connectivity index is 2.13. The molecule has 0 unspecified atom stereocenters. The van der Waals surface area contributed by atoms with Crippen molar-refractivity contribution in [2.24, 2.45) is 0 Å². The molecule has 2 heterocycles. The van der Waals surface area contributed by atoms with E-state index in [1.807, 2.05) is 13.8 Å². The van der Waals surface area contributed by atoms with E-state index in [4.69, 9.17) is 14.2 Å². The number of benzene rings is 1. The number of ketones is 1. The smallest absolute Gasteiger partial charge is 0.290 e. The minimum atomic E-state index is -0.795. The Labute approximate surface area is 198 Å². The number of aliphatic hydroxyl groups is 1. The van der Waals surface area contributed by atoms with Gasteiger partial charge in [0.15, 0.2) is 17.3 Å². The summed E-state index contributed by atoms with van der Waals surface area (Å²) in [4.78, 5) is 30.7. The van der Waals surface area contributed by atoms with E-state index in [0.29, 0.717) is 40.8 Å². The average molecular weight is 475 g/mol. The molecule has 9 heteroatoms. The minimum Gasteiger partial charge on any atom is -0.503 e. The van der Waals surface area contributed by atoms with E-state index < -0.39 is 17.7 Å². The summed E-state index contributed by atoms with van der Waals surface area (Å²) in [6, 6.07) is 6.08. The number of thiophene rings is 1. The zero-order valence-corrected chi connectivity index (χ0v) is 20.4. The minimum absolute atomic E-state index is 0.0521. The third-order valence-corrected chi connectivity index (χ3v) is 6.72. The van der Waals surface area contributed by atoms with Gasteiger partial charge in [-0.2, -0.15) is 0 Å². The number of ether oxygens (including phenoxy) is 3. The lowest BCUT2D eigenvalue weighted by Crippen LogP contribution is -2.38. The fourth-order valence-electron chi connectivity index (χ4n) is 4.05. The van der Waals surface area contributed by atoms with Crippen molar-refractivity contribution in [3.05, 3.63) is 51.4 Å². The Morgan fingerprint density at radius 2 is 1.76 bits per heavy atom. The Kier molecular flexibility index (Phi) is 7.99. The van der Waals surface area contributed by atoms with Gasteiger partial charge in [0, 0.05) is 13.1 Å². The second kappa shape index (κ2) is 10.7. The SMILES string of the molecule is CCN(CC)CCN1C(=O)C(O)=C(C(=O)c2cccs2)[C@H]1c1cc(OC)c(OC)c(OC)c1. The number of hydrogen-bond donors (Lipinski definition) is 1. The van der Waals surface area contributed by atoms with Gasteiger partial charge in [0.05, 0.1) is 37.8 Å². The number of Topliss-reactive ketones (excluding diaryl/α,β-unsaturated/α-hetero) is 1. The maximum atomic E-state index is 13.4. The molecule has 1 aliphatic rings. The van der Waals surface area contributed by atoms with Crippen LogP contribution < -0.4 is 14.2 Å². The number of carbonyl (C=O) groups is 2. The van der Waals surface area contributed by atoms with Gasteiger partial charge >= 0.3 is 0 Å². The number of amides is 1. The highest BCUT2D eigenvalue weighted by atomic mass is 32.1. The predicted octanol–water partition coefficient (Wildman–Crippen LogP) is 3.69. The molecule has 0 radical (unpaired) electrons. The molecule has 1 aliphatic heterocycles. The van der Waals surface area contributed by atoms with Crippen molar-refractivity contribution in [1.29, 1.82) is 0 Å². The maximum absolute atomic E-state index is 13.4. The fourth-order valence-corrected chi connectivity index (χ4v) is 4.73. The molecule has 1 aromatic heterocycles. The highest BCUT2D eigenvalue weighted by Gasteiger charge is 2.44. The first-order valence-corrected chi connectivity index (χ1v) is 11.6. The van der Waals surface area contributed by atoms with Gasteiger partial charge < -0.3 is 29.1 Å². The first-order valence-electron chi connectivity index (χ1n) is 10.8. The molecule has 8 nitrogen and oxygen atoms in total. The zero-order chi connectivity index (χ0) is 24.1. The lowest BCUT2D eigenvalue weighted by Gasteiger charge is -2.30. The number of nitrogens with zero attached hydrogens (tertiary/aromatic N) is 2. The molecule has 0 saturated heterocycles. The molecule has 1 N–H and O–H groups in total. The molecule has 1 amide bonds. The molecule has 0 fully saturated rings. The molecular weight excluding hydrogens is 444 g/mol. The molecule has 0 saturated carbocycles. The van der Waals surface area contributed by atoms with Crippen LogP contribution in [0.3, 0.4) is 0 Å². The highest BCUT2D eigenvalue weighted by molar-refractivity contribution is 7.12. The van der Waals surface area contributed by atoms with Crippen molar-refractivity contribution in [3.63, 3.8) is 0 Å². The summed E-state index contributed by atoms with van der Waals surface area (Å²) in [6.07, 6.45) is 0. The third-order valence-electron chi connectivity index (χ3n) is 5.85. The number of carbonyl (C=O) groups excluding carboxylic acids is 2. The number of rotatable bonds is 11. The van der Waals surface area contributed by atoms with E-state index in [0.717, 1.165) is 13.1 Å². The third kappa shape index (κ3) is 4.69. The van der Waals surface area contributed by atoms with Crippen LogP contribution in [0.5, 0.6) is 17.2 Å².